The third kappa shape index (κ3) is 6.82. The third-order valence-corrected chi connectivity index (χ3v) is 4.84. The summed E-state index contributed by atoms with van der Waals surface area (Å²) in [6.07, 6.45) is 1.72. The first kappa shape index (κ1) is 23.3. The van der Waals surface area contributed by atoms with Crippen molar-refractivity contribution in [2.24, 2.45) is 0 Å². The number of aliphatic carboxylic acids is 1. The van der Waals surface area contributed by atoms with Gasteiger partial charge in [0.1, 0.15) is 18.1 Å². The van der Waals surface area contributed by atoms with Crippen LogP contribution in [-0.2, 0) is 25.6 Å². The highest BCUT2D eigenvalue weighted by molar-refractivity contribution is 5.94. The van der Waals surface area contributed by atoms with Crippen LogP contribution in [0.3, 0.4) is 0 Å². The van der Waals surface area contributed by atoms with Gasteiger partial charge in [-0.15, -0.1) is 0 Å². The molecule has 0 bridgehead atoms. The Morgan fingerprint density at radius 2 is 1.73 bits per heavy atom. The minimum atomic E-state index is -1.35. The summed E-state index contributed by atoms with van der Waals surface area (Å²) >= 11 is 0. The summed E-state index contributed by atoms with van der Waals surface area (Å²) in [6, 6.07) is 5.18. The van der Waals surface area contributed by atoms with Crippen molar-refractivity contribution >= 4 is 23.7 Å². The highest BCUT2D eigenvalue weighted by Crippen LogP contribution is 2.08. The summed E-state index contributed by atoms with van der Waals surface area (Å²) in [4.78, 5) is 48.4. The van der Waals surface area contributed by atoms with Gasteiger partial charge in [-0.3, -0.25) is 19.2 Å². The molecule has 1 aromatic rings. The van der Waals surface area contributed by atoms with E-state index in [0.29, 0.717) is 6.42 Å². The molecular formula is C20H28N4O6. The van der Waals surface area contributed by atoms with Gasteiger partial charge in [0.05, 0.1) is 12.6 Å². The monoisotopic (exact) mass is 420 g/mol. The standard InChI is InChI=1S/C20H28N4O6/c1-12(20(29)30)22-19(28)16(11-25)24-18(27)15(10-13-6-3-2-4-7-13)23-17(26)14-8-5-9-21-14/h2-4,6-7,12,14-16,21,25H,5,8-11H2,1H3,(H,22,28)(H,23,26)(H,24,27)(H,29,30). The summed E-state index contributed by atoms with van der Waals surface area (Å²) in [5.74, 6) is -3.04. The predicted octanol–water partition coefficient (Wildman–Crippen LogP) is -1.47. The van der Waals surface area contributed by atoms with Gasteiger partial charge in [-0.05, 0) is 31.9 Å². The molecule has 0 radical (unpaired) electrons. The van der Waals surface area contributed by atoms with E-state index in [4.69, 9.17) is 5.11 Å². The molecule has 1 saturated heterocycles. The number of benzene rings is 1. The van der Waals surface area contributed by atoms with E-state index >= 15 is 0 Å². The van der Waals surface area contributed by atoms with Gasteiger partial charge in [-0.1, -0.05) is 30.3 Å². The molecule has 4 unspecified atom stereocenters. The van der Waals surface area contributed by atoms with Crippen molar-refractivity contribution < 1.29 is 29.4 Å². The lowest BCUT2D eigenvalue weighted by Crippen LogP contribution is -2.58. The number of aliphatic hydroxyl groups is 1. The molecule has 2 rings (SSSR count). The fourth-order valence-electron chi connectivity index (χ4n) is 3.08. The van der Waals surface area contributed by atoms with Crippen LogP contribution in [0.2, 0.25) is 0 Å². The number of carboxylic acid groups (broad SMARTS) is 1. The van der Waals surface area contributed by atoms with Crippen molar-refractivity contribution in [3.8, 4) is 0 Å². The van der Waals surface area contributed by atoms with Gasteiger partial charge in [-0.2, -0.15) is 0 Å². The molecule has 6 N–H and O–H groups in total. The number of hydrogen-bond donors (Lipinski definition) is 6. The third-order valence-electron chi connectivity index (χ3n) is 4.84. The Kier molecular flexibility index (Phi) is 8.75. The molecule has 1 heterocycles. The van der Waals surface area contributed by atoms with Gasteiger partial charge in [0.15, 0.2) is 0 Å². The smallest absolute Gasteiger partial charge is 0.325 e. The Labute approximate surface area is 174 Å². The maximum Gasteiger partial charge on any atom is 0.325 e. The normalized spacial score (nSPS) is 18.7. The number of carbonyl (C=O) groups is 4. The number of carbonyl (C=O) groups excluding carboxylic acids is 3. The Bertz CT molecular complexity index is 751. The molecule has 10 nitrogen and oxygen atoms in total. The van der Waals surface area contributed by atoms with Crippen LogP contribution in [-0.4, -0.2) is 71.2 Å². The zero-order chi connectivity index (χ0) is 22.1. The molecule has 10 heteroatoms. The summed E-state index contributed by atoms with van der Waals surface area (Å²) in [5, 5.41) is 28.8. The average Bonchev–Trinajstić information content (AvgIpc) is 3.26. The van der Waals surface area contributed by atoms with Gasteiger partial charge < -0.3 is 31.5 Å². The quantitative estimate of drug-likeness (QED) is 0.270. The van der Waals surface area contributed by atoms with Crippen LogP contribution >= 0.6 is 0 Å². The minimum Gasteiger partial charge on any atom is -0.480 e. The molecule has 0 saturated carbocycles. The van der Waals surface area contributed by atoms with Crippen LogP contribution in [0.25, 0.3) is 0 Å². The molecule has 1 aromatic carbocycles. The van der Waals surface area contributed by atoms with E-state index in [1.807, 2.05) is 30.3 Å². The van der Waals surface area contributed by atoms with Crippen LogP contribution in [0.5, 0.6) is 0 Å². The SMILES string of the molecule is CC(NC(=O)C(CO)NC(=O)C(Cc1ccccc1)NC(=O)C1CCCN1)C(=O)O. The molecule has 0 aromatic heterocycles. The molecule has 1 fully saturated rings. The zero-order valence-corrected chi connectivity index (χ0v) is 16.8. The summed E-state index contributed by atoms with van der Waals surface area (Å²) in [5.41, 5.74) is 0.807. The van der Waals surface area contributed by atoms with Crippen molar-refractivity contribution in [2.45, 2.75) is 50.4 Å². The Morgan fingerprint density at radius 3 is 2.30 bits per heavy atom. The van der Waals surface area contributed by atoms with E-state index in [1.165, 1.54) is 6.92 Å². The van der Waals surface area contributed by atoms with Gasteiger partial charge in [0, 0.05) is 6.42 Å². The van der Waals surface area contributed by atoms with Gasteiger partial charge >= 0.3 is 5.97 Å². The number of hydrogen-bond acceptors (Lipinski definition) is 6. The lowest BCUT2D eigenvalue weighted by atomic mass is 10.0. The maximum absolute atomic E-state index is 12.8. The van der Waals surface area contributed by atoms with Crippen LogP contribution in [0, 0.1) is 0 Å². The van der Waals surface area contributed by atoms with Crippen LogP contribution < -0.4 is 21.3 Å². The van der Waals surface area contributed by atoms with E-state index in [1.54, 1.807) is 0 Å². The average molecular weight is 420 g/mol. The second-order valence-electron chi connectivity index (χ2n) is 7.21. The number of aliphatic hydroxyl groups excluding tert-OH is 1. The van der Waals surface area contributed by atoms with E-state index in [0.717, 1.165) is 18.5 Å². The van der Waals surface area contributed by atoms with Crippen LogP contribution in [0.15, 0.2) is 30.3 Å². The predicted molar refractivity (Wildman–Crippen MR) is 107 cm³/mol. The first-order valence-corrected chi connectivity index (χ1v) is 9.84. The zero-order valence-electron chi connectivity index (χ0n) is 16.8. The topological polar surface area (TPSA) is 157 Å². The van der Waals surface area contributed by atoms with Gasteiger partial charge in [0.2, 0.25) is 17.7 Å². The number of rotatable bonds is 10. The molecule has 1 aliphatic heterocycles. The lowest BCUT2D eigenvalue weighted by Gasteiger charge is -2.24. The number of amides is 3. The highest BCUT2D eigenvalue weighted by atomic mass is 16.4. The molecule has 30 heavy (non-hydrogen) atoms. The molecule has 3 amide bonds. The van der Waals surface area contributed by atoms with Crippen molar-refractivity contribution in [1.29, 1.82) is 0 Å². The summed E-state index contributed by atoms with van der Waals surface area (Å²) < 4.78 is 0. The molecule has 0 aliphatic carbocycles. The number of nitrogens with one attached hydrogen (secondary N) is 4. The molecular weight excluding hydrogens is 392 g/mol. The molecule has 4 atom stereocenters. The van der Waals surface area contributed by atoms with Crippen LogP contribution in [0.1, 0.15) is 25.3 Å². The van der Waals surface area contributed by atoms with E-state index in [-0.39, 0.29) is 18.4 Å². The van der Waals surface area contributed by atoms with Crippen molar-refractivity contribution in [3.63, 3.8) is 0 Å². The molecule has 1 aliphatic rings. The van der Waals surface area contributed by atoms with Crippen molar-refractivity contribution in [1.82, 2.24) is 21.3 Å². The van der Waals surface area contributed by atoms with Crippen LogP contribution in [0.4, 0.5) is 0 Å². The van der Waals surface area contributed by atoms with Gasteiger partial charge in [-0.25, -0.2) is 0 Å². The Hall–Kier alpha value is -2.98. The first-order chi connectivity index (χ1) is 14.3. The number of carboxylic acids is 1. The molecule has 164 valence electrons. The van der Waals surface area contributed by atoms with E-state index in [9.17, 15) is 24.3 Å². The first-order valence-electron chi connectivity index (χ1n) is 9.84. The van der Waals surface area contributed by atoms with Gasteiger partial charge in [0.25, 0.3) is 0 Å². The van der Waals surface area contributed by atoms with E-state index in [2.05, 4.69) is 21.3 Å². The summed E-state index contributed by atoms with van der Waals surface area (Å²) in [6.45, 7) is 1.27. The Balaban J connectivity index is 2.08. The largest absolute Gasteiger partial charge is 0.480 e. The maximum atomic E-state index is 12.8. The second kappa shape index (κ2) is 11.3. The Morgan fingerprint density at radius 1 is 1.07 bits per heavy atom. The summed E-state index contributed by atoms with van der Waals surface area (Å²) in [7, 11) is 0. The van der Waals surface area contributed by atoms with E-state index < -0.39 is 42.5 Å². The highest BCUT2D eigenvalue weighted by Gasteiger charge is 2.30. The molecule has 0 spiro atoms. The fraction of sp³-hybridized carbons (Fsp3) is 0.500. The fourth-order valence-corrected chi connectivity index (χ4v) is 3.08. The lowest BCUT2D eigenvalue weighted by molar-refractivity contribution is -0.142. The van der Waals surface area contributed by atoms with Crippen molar-refractivity contribution in [2.75, 3.05) is 13.2 Å². The van der Waals surface area contributed by atoms with Crippen molar-refractivity contribution in [3.05, 3.63) is 35.9 Å². The second-order valence-corrected chi connectivity index (χ2v) is 7.21. The minimum absolute atomic E-state index is 0.191.